The molecule has 0 radical (unpaired) electrons. The number of aryl methyl sites for hydroxylation is 1. The van der Waals surface area contributed by atoms with Gasteiger partial charge in [-0.3, -0.25) is 4.79 Å². The second-order valence-corrected chi connectivity index (χ2v) is 4.23. The van der Waals surface area contributed by atoms with Crippen LogP contribution in [-0.4, -0.2) is 18.1 Å². The highest BCUT2D eigenvalue weighted by Crippen LogP contribution is 2.28. The summed E-state index contributed by atoms with van der Waals surface area (Å²) in [6.07, 6.45) is -0.330. The van der Waals surface area contributed by atoms with Gasteiger partial charge in [0.1, 0.15) is 11.6 Å². The quantitative estimate of drug-likeness (QED) is 0.852. The molecule has 0 amide bonds. The molecule has 94 valence electrons. The number of aliphatic carboxylic acids is 1. The molecule has 0 saturated carbocycles. The van der Waals surface area contributed by atoms with Gasteiger partial charge in [0.15, 0.2) is 0 Å². The predicted octanol–water partition coefficient (Wildman–Crippen LogP) is 2.18. The number of benzene rings is 1. The fraction of sp³-hybridized carbons (Fsp3) is 0.417. The van der Waals surface area contributed by atoms with Crippen molar-refractivity contribution in [3.63, 3.8) is 0 Å². The van der Waals surface area contributed by atoms with Gasteiger partial charge >= 0.3 is 5.97 Å². The summed E-state index contributed by atoms with van der Waals surface area (Å²) in [4.78, 5) is 10.8. The lowest BCUT2D eigenvalue weighted by atomic mass is 9.87. The Morgan fingerprint density at radius 2 is 2.00 bits per heavy atom. The molecule has 2 N–H and O–H groups in total. The zero-order valence-corrected chi connectivity index (χ0v) is 9.97. The van der Waals surface area contributed by atoms with E-state index in [1.54, 1.807) is 0 Å². The molecule has 0 bridgehead atoms. The molecule has 0 saturated heterocycles. The van der Waals surface area contributed by atoms with Crippen molar-refractivity contribution in [1.29, 1.82) is 0 Å². The fourth-order valence-electron chi connectivity index (χ4n) is 1.69. The number of carboxylic acids is 1. The van der Waals surface area contributed by atoms with Gasteiger partial charge in [-0.05, 0) is 38.6 Å². The molecule has 0 spiro atoms. The van der Waals surface area contributed by atoms with Crippen molar-refractivity contribution in [3.8, 4) is 0 Å². The first-order chi connectivity index (χ1) is 7.80. The Hall–Kier alpha value is -1.49. The van der Waals surface area contributed by atoms with Crippen molar-refractivity contribution in [3.05, 3.63) is 34.9 Å². The van der Waals surface area contributed by atoms with Crippen LogP contribution < -0.4 is 5.32 Å². The number of nitrogens with one attached hydrogen (secondary N) is 1. The van der Waals surface area contributed by atoms with E-state index in [0.717, 1.165) is 12.1 Å². The van der Waals surface area contributed by atoms with Gasteiger partial charge in [-0.15, -0.1) is 0 Å². The van der Waals surface area contributed by atoms with Crippen molar-refractivity contribution in [2.24, 2.45) is 0 Å². The average molecular weight is 243 g/mol. The van der Waals surface area contributed by atoms with Crippen molar-refractivity contribution < 1.29 is 18.7 Å². The van der Waals surface area contributed by atoms with Crippen LogP contribution in [-0.2, 0) is 10.3 Å². The van der Waals surface area contributed by atoms with Gasteiger partial charge in [-0.1, -0.05) is 0 Å². The summed E-state index contributed by atoms with van der Waals surface area (Å²) in [6, 6.07) is 2.12. The van der Waals surface area contributed by atoms with Crippen LogP contribution in [0.5, 0.6) is 0 Å². The standard InChI is InChI=1S/C12H15F2NO2/c1-7-4-10(14)8(5-9(7)13)12(2,15-3)6-11(16)17/h4-5,15H,6H2,1-3H3,(H,16,17). The molecule has 3 nitrogen and oxygen atoms in total. The molecule has 0 aliphatic rings. The van der Waals surface area contributed by atoms with Crippen LogP contribution in [0.25, 0.3) is 0 Å². The molecular weight excluding hydrogens is 228 g/mol. The van der Waals surface area contributed by atoms with Gasteiger partial charge in [0, 0.05) is 5.56 Å². The number of rotatable bonds is 4. The van der Waals surface area contributed by atoms with Gasteiger partial charge in [0.25, 0.3) is 0 Å². The lowest BCUT2D eigenvalue weighted by Gasteiger charge is -2.28. The van der Waals surface area contributed by atoms with Crippen LogP contribution in [0.2, 0.25) is 0 Å². The van der Waals surface area contributed by atoms with Crippen LogP contribution >= 0.6 is 0 Å². The van der Waals surface area contributed by atoms with E-state index >= 15 is 0 Å². The molecule has 0 fully saturated rings. The summed E-state index contributed by atoms with van der Waals surface area (Å²) in [5, 5.41) is 11.5. The van der Waals surface area contributed by atoms with Crippen LogP contribution in [0.1, 0.15) is 24.5 Å². The predicted molar refractivity (Wildman–Crippen MR) is 59.8 cm³/mol. The normalized spacial score (nSPS) is 14.4. The van der Waals surface area contributed by atoms with Gasteiger partial charge in [0.2, 0.25) is 0 Å². The molecule has 17 heavy (non-hydrogen) atoms. The smallest absolute Gasteiger partial charge is 0.305 e. The van der Waals surface area contributed by atoms with Crippen molar-refractivity contribution >= 4 is 5.97 Å². The summed E-state index contributed by atoms with van der Waals surface area (Å²) in [6.45, 7) is 2.98. The van der Waals surface area contributed by atoms with E-state index in [1.807, 2.05) is 0 Å². The van der Waals surface area contributed by atoms with Crippen LogP contribution in [0.15, 0.2) is 12.1 Å². The second kappa shape index (κ2) is 4.79. The average Bonchev–Trinajstić information content (AvgIpc) is 2.22. The zero-order chi connectivity index (χ0) is 13.2. The molecule has 1 rings (SSSR count). The van der Waals surface area contributed by atoms with E-state index in [1.165, 1.54) is 20.9 Å². The molecule has 1 aromatic rings. The Labute approximate surface area is 98.5 Å². The maximum atomic E-state index is 13.8. The Morgan fingerprint density at radius 1 is 1.41 bits per heavy atom. The molecular formula is C12H15F2NO2. The Morgan fingerprint density at radius 3 is 2.47 bits per heavy atom. The highest BCUT2D eigenvalue weighted by atomic mass is 19.1. The van der Waals surface area contributed by atoms with Crippen molar-refractivity contribution in [1.82, 2.24) is 5.32 Å². The number of carbonyl (C=O) groups is 1. The maximum Gasteiger partial charge on any atom is 0.305 e. The molecule has 0 aromatic heterocycles. The first-order valence-corrected chi connectivity index (χ1v) is 5.17. The number of hydrogen-bond acceptors (Lipinski definition) is 2. The molecule has 0 aliphatic heterocycles. The second-order valence-electron chi connectivity index (χ2n) is 4.23. The van der Waals surface area contributed by atoms with E-state index in [0.29, 0.717) is 0 Å². The molecule has 0 heterocycles. The van der Waals surface area contributed by atoms with Gasteiger partial charge < -0.3 is 10.4 Å². The minimum absolute atomic E-state index is 0.0190. The van der Waals surface area contributed by atoms with Crippen molar-refractivity contribution in [2.45, 2.75) is 25.8 Å². The first kappa shape index (κ1) is 13.6. The summed E-state index contributed by atoms with van der Waals surface area (Å²) in [5.41, 5.74) is -0.921. The van der Waals surface area contributed by atoms with Crippen LogP contribution in [0.3, 0.4) is 0 Å². The topological polar surface area (TPSA) is 49.3 Å². The Balaban J connectivity index is 3.29. The lowest BCUT2D eigenvalue weighted by molar-refractivity contribution is -0.138. The number of carboxylic acid groups (broad SMARTS) is 1. The minimum Gasteiger partial charge on any atom is -0.481 e. The van der Waals surface area contributed by atoms with E-state index in [-0.39, 0.29) is 17.5 Å². The Kier molecular flexibility index (Phi) is 3.83. The largest absolute Gasteiger partial charge is 0.481 e. The van der Waals surface area contributed by atoms with E-state index in [2.05, 4.69) is 5.32 Å². The van der Waals surface area contributed by atoms with E-state index < -0.39 is 23.1 Å². The summed E-state index contributed by atoms with van der Waals surface area (Å²) in [7, 11) is 1.51. The first-order valence-electron chi connectivity index (χ1n) is 5.17. The summed E-state index contributed by atoms with van der Waals surface area (Å²) < 4.78 is 27.2. The molecule has 1 unspecified atom stereocenters. The third-order valence-electron chi connectivity index (χ3n) is 2.90. The number of hydrogen-bond donors (Lipinski definition) is 2. The van der Waals surface area contributed by atoms with Crippen LogP contribution in [0.4, 0.5) is 8.78 Å². The van der Waals surface area contributed by atoms with Crippen molar-refractivity contribution in [2.75, 3.05) is 7.05 Å². The number of halogens is 2. The highest BCUT2D eigenvalue weighted by molar-refractivity contribution is 5.69. The molecule has 1 aromatic carbocycles. The SMILES string of the molecule is CNC(C)(CC(=O)O)c1cc(F)c(C)cc1F. The minimum atomic E-state index is -1.13. The summed E-state index contributed by atoms with van der Waals surface area (Å²) >= 11 is 0. The Bertz CT molecular complexity index is 448. The highest BCUT2D eigenvalue weighted by Gasteiger charge is 2.31. The van der Waals surface area contributed by atoms with Gasteiger partial charge in [-0.2, -0.15) is 0 Å². The molecule has 5 heteroatoms. The molecule has 1 atom stereocenters. The van der Waals surface area contributed by atoms with Gasteiger partial charge in [0.05, 0.1) is 12.0 Å². The molecule has 0 aliphatic carbocycles. The third kappa shape index (κ3) is 2.79. The lowest BCUT2D eigenvalue weighted by Crippen LogP contribution is -2.40. The van der Waals surface area contributed by atoms with E-state index in [4.69, 9.17) is 5.11 Å². The third-order valence-corrected chi connectivity index (χ3v) is 2.90. The maximum absolute atomic E-state index is 13.8. The van der Waals surface area contributed by atoms with Gasteiger partial charge in [-0.25, -0.2) is 8.78 Å². The van der Waals surface area contributed by atoms with Crippen LogP contribution in [0, 0.1) is 18.6 Å². The van der Waals surface area contributed by atoms with E-state index in [9.17, 15) is 13.6 Å². The monoisotopic (exact) mass is 243 g/mol. The fourth-order valence-corrected chi connectivity index (χ4v) is 1.69. The summed E-state index contributed by atoms with van der Waals surface area (Å²) in [5.74, 6) is -2.24. The zero-order valence-electron chi connectivity index (χ0n) is 9.97.